The standard InChI is InChI=1S/C11H15N/c1-8-3-2-4-9(5-8)11-6-10(11)7-12/h2-5,10-11H,6-7,12H2,1H3/t10-,11+/m1/s1. The Balaban J connectivity index is 2.14. The predicted octanol–water partition coefficient (Wildman–Crippen LogP) is 2.06. The molecule has 1 fully saturated rings. The molecule has 0 saturated heterocycles. The van der Waals surface area contributed by atoms with Crippen molar-refractivity contribution in [3.05, 3.63) is 35.4 Å². The van der Waals surface area contributed by atoms with Crippen LogP contribution in [0.3, 0.4) is 0 Å². The van der Waals surface area contributed by atoms with E-state index in [0.717, 1.165) is 18.4 Å². The lowest BCUT2D eigenvalue weighted by atomic mass is 10.1. The molecule has 0 spiro atoms. The Labute approximate surface area is 73.6 Å². The second kappa shape index (κ2) is 2.91. The van der Waals surface area contributed by atoms with Gasteiger partial charge in [-0.15, -0.1) is 0 Å². The molecule has 0 bridgehead atoms. The first-order valence-electron chi connectivity index (χ1n) is 4.58. The van der Waals surface area contributed by atoms with E-state index in [1.165, 1.54) is 17.5 Å². The summed E-state index contributed by atoms with van der Waals surface area (Å²) in [5.74, 6) is 1.52. The summed E-state index contributed by atoms with van der Waals surface area (Å²) < 4.78 is 0. The van der Waals surface area contributed by atoms with Gasteiger partial charge in [0, 0.05) is 0 Å². The van der Waals surface area contributed by atoms with E-state index in [1.807, 2.05) is 0 Å². The highest BCUT2D eigenvalue weighted by Gasteiger charge is 2.36. The lowest BCUT2D eigenvalue weighted by molar-refractivity contribution is 0.809. The molecule has 1 heteroatoms. The number of hydrogen-bond donors (Lipinski definition) is 1. The monoisotopic (exact) mass is 161 g/mol. The van der Waals surface area contributed by atoms with Gasteiger partial charge in [0.05, 0.1) is 0 Å². The number of hydrogen-bond acceptors (Lipinski definition) is 1. The summed E-state index contributed by atoms with van der Waals surface area (Å²) in [7, 11) is 0. The van der Waals surface area contributed by atoms with Crippen LogP contribution in [0.4, 0.5) is 0 Å². The van der Waals surface area contributed by atoms with E-state index in [2.05, 4.69) is 31.2 Å². The van der Waals surface area contributed by atoms with Crippen LogP contribution >= 0.6 is 0 Å². The van der Waals surface area contributed by atoms with E-state index in [0.29, 0.717) is 0 Å². The molecule has 1 aromatic carbocycles. The van der Waals surface area contributed by atoms with Crippen molar-refractivity contribution in [2.75, 3.05) is 6.54 Å². The van der Waals surface area contributed by atoms with Gasteiger partial charge in [-0.05, 0) is 37.3 Å². The Kier molecular flexibility index (Phi) is 1.89. The molecule has 1 saturated carbocycles. The van der Waals surface area contributed by atoms with Crippen LogP contribution in [0, 0.1) is 12.8 Å². The van der Waals surface area contributed by atoms with Crippen LogP contribution in [-0.2, 0) is 0 Å². The topological polar surface area (TPSA) is 26.0 Å². The van der Waals surface area contributed by atoms with Gasteiger partial charge in [-0.25, -0.2) is 0 Å². The number of benzene rings is 1. The summed E-state index contributed by atoms with van der Waals surface area (Å²) in [5, 5.41) is 0. The highest BCUT2D eigenvalue weighted by atomic mass is 14.6. The second-order valence-electron chi connectivity index (χ2n) is 3.75. The highest BCUT2D eigenvalue weighted by molar-refractivity contribution is 5.29. The van der Waals surface area contributed by atoms with Crippen LogP contribution in [0.5, 0.6) is 0 Å². The molecule has 64 valence electrons. The molecule has 0 amide bonds. The summed E-state index contributed by atoms with van der Waals surface area (Å²) in [6.45, 7) is 2.99. The zero-order chi connectivity index (χ0) is 8.55. The van der Waals surface area contributed by atoms with Crippen molar-refractivity contribution >= 4 is 0 Å². The molecular formula is C11H15N. The van der Waals surface area contributed by atoms with Gasteiger partial charge in [0.1, 0.15) is 0 Å². The minimum Gasteiger partial charge on any atom is -0.330 e. The molecule has 2 atom stereocenters. The van der Waals surface area contributed by atoms with Crippen LogP contribution in [0.2, 0.25) is 0 Å². The molecule has 12 heavy (non-hydrogen) atoms. The third-order valence-corrected chi connectivity index (χ3v) is 2.70. The molecule has 1 aliphatic rings. The van der Waals surface area contributed by atoms with Crippen molar-refractivity contribution in [2.45, 2.75) is 19.3 Å². The van der Waals surface area contributed by atoms with E-state index in [1.54, 1.807) is 0 Å². The van der Waals surface area contributed by atoms with Gasteiger partial charge >= 0.3 is 0 Å². The van der Waals surface area contributed by atoms with Gasteiger partial charge in [0.25, 0.3) is 0 Å². The Morgan fingerprint density at radius 1 is 1.50 bits per heavy atom. The molecule has 0 radical (unpaired) electrons. The summed E-state index contributed by atoms with van der Waals surface area (Å²) in [6.07, 6.45) is 1.29. The molecule has 2 rings (SSSR count). The van der Waals surface area contributed by atoms with Crippen LogP contribution < -0.4 is 5.73 Å². The average molecular weight is 161 g/mol. The molecule has 0 aromatic heterocycles. The largest absolute Gasteiger partial charge is 0.330 e. The van der Waals surface area contributed by atoms with Gasteiger partial charge in [-0.1, -0.05) is 29.8 Å². The van der Waals surface area contributed by atoms with Crippen LogP contribution in [0.15, 0.2) is 24.3 Å². The van der Waals surface area contributed by atoms with Crippen molar-refractivity contribution in [1.29, 1.82) is 0 Å². The molecule has 0 unspecified atom stereocenters. The van der Waals surface area contributed by atoms with Crippen LogP contribution in [0.25, 0.3) is 0 Å². The minimum absolute atomic E-state index is 0.756. The zero-order valence-electron chi connectivity index (χ0n) is 7.46. The van der Waals surface area contributed by atoms with Gasteiger partial charge in [0.2, 0.25) is 0 Å². The SMILES string of the molecule is Cc1cccc([C@@H]2C[C@@H]2CN)c1. The molecule has 1 nitrogen and oxygen atoms in total. The lowest BCUT2D eigenvalue weighted by Gasteiger charge is -1.99. The minimum atomic E-state index is 0.756. The Morgan fingerprint density at radius 2 is 2.33 bits per heavy atom. The first-order valence-corrected chi connectivity index (χ1v) is 4.58. The summed E-state index contributed by atoms with van der Waals surface area (Å²) in [4.78, 5) is 0. The maximum absolute atomic E-state index is 5.60. The van der Waals surface area contributed by atoms with E-state index in [9.17, 15) is 0 Å². The maximum atomic E-state index is 5.60. The Bertz CT molecular complexity index is 280. The summed E-state index contributed by atoms with van der Waals surface area (Å²) in [5.41, 5.74) is 8.43. The third-order valence-electron chi connectivity index (χ3n) is 2.70. The van der Waals surface area contributed by atoms with Crippen molar-refractivity contribution in [2.24, 2.45) is 11.7 Å². The van der Waals surface area contributed by atoms with Gasteiger partial charge < -0.3 is 5.73 Å². The smallest absolute Gasteiger partial charge is 0.00428 e. The second-order valence-corrected chi connectivity index (χ2v) is 3.75. The number of aryl methyl sites for hydroxylation is 1. The lowest BCUT2D eigenvalue weighted by Crippen LogP contribution is -2.01. The fourth-order valence-electron chi connectivity index (χ4n) is 1.82. The van der Waals surface area contributed by atoms with Crippen LogP contribution in [-0.4, -0.2) is 6.54 Å². The van der Waals surface area contributed by atoms with Crippen LogP contribution in [0.1, 0.15) is 23.5 Å². The molecule has 1 aromatic rings. The summed E-state index contributed by atoms with van der Waals surface area (Å²) in [6, 6.07) is 8.77. The Hall–Kier alpha value is -0.820. The quantitative estimate of drug-likeness (QED) is 0.706. The number of nitrogens with two attached hydrogens (primary N) is 1. The van der Waals surface area contributed by atoms with Gasteiger partial charge in [-0.3, -0.25) is 0 Å². The molecule has 2 N–H and O–H groups in total. The molecule has 1 aliphatic carbocycles. The highest BCUT2D eigenvalue weighted by Crippen LogP contribution is 2.46. The number of rotatable bonds is 2. The maximum Gasteiger partial charge on any atom is -0.00428 e. The Morgan fingerprint density at radius 3 is 2.92 bits per heavy atom. The van der Waals surface area contributed by atoms with Crippen molar-refractivity contribution in [1.82, 2.24) is 0 Å². The van der Waals surface area contributed by atoms with E-state index in [4.69, 9.17) is 5.73 Å². The van der Waals surface area contributed by atoms with E-state index >= 15 is 0 Å². The summed E-state index contributed by atoms with van der Waals surface area (Å²) >= 11 is 0. The molecule has 0 heterocycles. The predicted molar refractivity (Wildman–Crippen MR) is 51.1 cm³/mol. The van der Waals surface area contributed by atoms with Crippen molar-refractivity contribution in [3.8, 4) is 0 Å². The first kappa shape index (κ1) is 7.81. The first-order chi connectivity index (χ1) is 5.81. The van der Waals surface area contributed by atoms with Crippen molar-refractivity contribution in [3.63, 3.8) is 0 Å². The van der Waals surface area contributed by atoms with Gasteiger partial charge in [0.15, 0.2) is 0 Å². The van der Waals surface area contributed by atoms with E-state index < -0.39 is 0 Å². The average Bonchev–Trinajstić information content (AvgIpc) is 2.83. The fourth-order valence-corrected chi connectivity index (χ4v) is 1.82. The zero-order valence-corrected chi connectivity index (χ0v) is 7.46. The van der Waals surface area contributed by atoms with E-state index in [-0.39, 0.29) is 0 Å². The van der Waals surface area contributed by atoms with Crippen molar-refractivity contribution < 1.29 is 0 Å². The molecular weight excluding hydrogens is 146 g/mol. The van der Waals surface area contributed by atoms with Gasteiger partial charge in [-0.2, -0.15) is 0 Å². The fraction of sp³-hybridized carbons (Fsp3) is 0.455. The third kappa shape index (κ3) is 1.37. The normalized spacial score (nSPS) is 27.2. The molecule has 0 aliphatic heterocycles.